The van der Waals surface area contributed by atoms with Crippen molar-refractivity contribution in [3.8, 4) is 0 Å². The predicted octanol–water partition coefficient (Wildman–Crippen LogP) is 13.9. The first kappa shape index (κ1) is 65.1. The molecule has 0 aromatic rings. The fourth-order valence-electron chi connectivity index (χ4n) is 2.76. The summed E-state index contributed by atoms with van der Waals surface area (Å²) in [5.74, 6) is 1.42. The van der Waals surface area contributed by atoms with Crippen LogP contribution in [0.4, 0.5) is 0 Å². The van der Waals surface area contributed by atoms with Gasteiger partial charge in [0.05, 0.1) is 0 Å². The molecule has 0 aliphatic carbocycles. The van der Waals surface area contributed by atoms with Gasteiger partial charge in [-0.2, -0.15) is 0 Å². The highest BCUT2D eigenvalue weighted by Gasteiger charge is 2.21. The van der Waals surface area contributed by atoms with Gasteiger partial charge in [-0.25, -0.2) is 0 Å². The molecule has 0 rings (SSSR count). The van der Waals surface area contributed by atoms with E-state index in [0.717, 1.165) is 6.42 Å². The van der Waals surface area contributed by atoms with Gasteiger partial charge in [0.25, 0.3) is 0 Å². The van der Waals surface area contributed by atoms with Crippen LogP contribution in [-0.2, 0) is 28.8 Å². The molecule has 0 radical (unpaired) electrons. The van der Waals surface area contributed by atoms with Crippen molar-refractivity contribution in [3.63, 3.8) is 0 Å². The van der Waals surface area contributed by atoms with E-state index in [1.165, 1.54) is 6.08 Å². The molecule has 57 heavy (non-hydrogen) atoms. The summed E-state index contributed by atoms with van der Waals surface area (Å²) in [5, 5.41) is 0. The zero-order valence-electron chi connectivity index (χ0n) is 41.1. The SMILES string of the molecule is C/C=C/C(=O)C(C)(C)C.C=C(C)C(=O)C(C)(C)C.C=C/C=C/C(=O)C(C)(C)C.C=CC(=O)C(C)(C)C.CC(C)/C=C/C(=O)C(C)(C)C.CC/C=C/C(=O)C(C)(C)C. The largest absolute Gasteiger partial charge is 0.294 e. The lowest BCUT2D eigenvalue weighted by Crippen LogP contribution is -2.20. The summed E-state index contributed by atoms with van der Waals surface area (Å²) in [6.45, 7) is 54.4. The van der Waals surface area contributed by atoms with Crippen molar-refractivity contribution in [1.29, 1.82) is 0 Å². The minimum Gasteiger partial charge on any atom is -0.294 e. The number of ketones is 6. The normalized spacial score (nSPS) is 12.0. The second-order valence-electron chi connectivity index (χ2n) is 20.1. The van der Waals surface area contributed by atoms with Gasteiger partial charge in [-0.05, 0) is 62.1 Å². The van der Waals surface area contributed by atoms with Crippen LogP contribution in [0.5, 0.6) is 0 Å². The molecule has 0 atom stereocenters. The molecule has 0 aromatic carbocycles. The summed E-state index contributed by atoms with van der Waals surface area (Å²) in [4.78, 5) is 66.3. The van der Waals surface area contributed by atoms with E-state index in [1.807, 2.05) is 151 Å². The van der Waals surface area contributed by atoms with Gasteiger partial charge in [-0.3, -0.25) is 28.8 Å². The van der Waals surface area contributed by atoms with E-state index in [-0.39, 0.29) is 67.2 Å². The number of rotatable bonds is 9. The quantitative estimate of drug-likeness (QED) is 0.170. The van der Waals surface area contributed by atoms with Crippen molar-refractivity contribution >= 4 is 34.7 Å². The average Bonchev–Trinajstić information content (AvgIpc) is 3.02. The first-order valence-corrected chi connectivity index (χ1v) is 19.9. The van der Waals surface area contributed by atoms with Gasteiger partial charge in [0.1, 0.15) is 0 Å². The maximum atomic E-state index is 11.3. The molecule has 0 unspecified atom stereocenters. The Morgan fingerprint density at radius 2 is 0.825 bits per heavy atom. The van der Waals surface area contributed by atoms with Crippen molar-refractivity contribution in [3.05, 3.63) is 86.1 Å². The van der Waals surface area contributed by atoms with Crippen LogP contribution >= 0.6 is 0 Å². The van der Waals surface area contributed by atoms with Crippen molar-refractivity contribution < 1.29 is 28.8 Å². The lowest BCUT2D eigenvalue weighted by Gasteiger charge is -2.15. The van der Waals surface area contributed by atoms with Crippen LogP contribution < -0.4 is 0 Å². The van der Waals surface area contributed by atoms with Crippen LogP contribution in [0.1, 0.15) is 166 Å². The van der Waals surface area contributed by atoms with Crippen LogP contribution in [0.3, 0.4) is 0 Å². The number of hydrogen-bond donors (Lipinski definition) is 0. The number of carbonyl (C=O) groups is 6. The van der Waals surface area contributed by atoms with Gasteiger partial charge in [-0.15, -0.1) is 0 Å². The molecular formula is C51H88O6. The number of Topliss-reactive ketones (excluding diaryl/α,β-unsaturated/α-hetero) is 1. The van der Waals surface area contributed by atoms with Crippen molar-refractivity contribution in [2.45, 2.75) is 166 Å². The highest BCUT2D eigenvalue weighted by molar-refractivity contribution is 5.98. The zero-order valence-corrected chi connectivity index (χ0v) is 41.1. The van der Waals surface area contributed by atoms with Crippen LogP contribution in [0, 0.1) is 38.4 Å². The number of carbonyl (C=O) groups excluding carboxylic acids is 6. The molecule has 0 aliphatic rings. The molecule has 0 heterocycles. The Balaban J connectivity index is -0.000000137. The van der Waals surface area contributed by atoms with Gasteiger partial charge in [-0.1, -0.05) is 196 Å². The summed E-state index contributed by atoms with van der Waals surface area (Å²) < 4.78 is 0. The first-order valence-electron chi connectivity index (χ1n) is 19.9. The molecule has 0 spiro atoms. The summed E-state index contributed by atoms with van der Waals surface area (Å²) >= 11 is 0. The molecular weight excluding hydrogens is 709 g/mol. The van der Waals surface area contributed by atoms with E-state index in [4.69, 9.17) is 0 Å². The Labute approximate surface area is 352 Å². The maximum absolute atomic E-state index is 11.3. The molecule has 0 fully saturated rings. The molecule has 0 bridgehead atoms. The third-order valence-corrected chi connectivity index (χ3v) is 6.79. The number of allylic oxidation sites excluding steroid dienone is 11. The molecule has 0 aromatic heterocycles. The summed E-state index contributed by atoms with van der Waals surface area (Å²) in [5.41, 5.74) is -0.793. The van der Waals surface area contributed by atoms with Crippen LogP contribution in [0.25, 0.3) is 0 Å². The smallest absolute Gasteiger partial charge is 0.163 e. The summed E-state index contributed by atoms with van der Waals surface area (Å²) in [7, 11) is 0. The second-order valence-corrected chi connectivity index (χ2v) is 20.1. The Morgan fingerprint density at radius 1 is 0.509 bits per heavy atom. The third-order valence-electron chi connectivity index (χ3n) is 6.79. The van der Waals surface area contributed by atoms with Gasteiger partial charge in [0.15, 0.2) is 34.7 Å². The van der Waals surface area contributed by atoms with E-state index in [2.05, 4.69) is 33.6 Å². The summed E-state index contributed by atoms with van der Waals surface area (Å²) in [6.07, 6.45) is 17.7. The lowest BCUT2D eigenvalue weighted by atomic mass is 9.87. The van der Waals surface area contributed by atoms with Crippen molar-refractivity contribution in [2.75, 3.05) is 0 Å². The highest BCUT2D eigenvalue weighted by atomic mass is 16.1. The molecule has 0 N–H and O–H groups in total. The molecule has 6 nitrogen and oxygen atoms in total. The Morgan fingerprint density at radius 3 is 1.00 bits per heavy atom. The minimum absolute atomic E-state index is 0.0949. The van der Waals surface area contributed by atoms with E-state index < -0.39 is 0 Å². The Bertz CT molecular complexity index is 1380. The van der Waals surface area contributed by atoms with E-state index in [0.29, 0.717) is 11.5 Å². The van der Waals surface area contributed by atoms with Gasteiger partial charge in [0.2, 0.25) is 0 Å². The van der Waals surface area contributed by atoms with Gasteiger partial charge in [0, 0.05) is 32.5 Å². The molecule has 0 aliphatic heterocycles. The predicted molar refractivity (Wildman–Crippen MR) is 249 cm³/mol. The lowest BCUT2D eigenvalue weighted by molar-refractivity contribution is -0.122. The highest BCUT2D eigenvalue weighted by Crippen LogP contribution is 2.19. The maximum Gasteiger partial charge on any atom is 0.163 e. The van der Waals surface area contributed by atoms with Crippen LogP contribution in [0.2, 0.25) is 0 Å². The first-order chi connectivity index (χ1) is 25.1. The number of hydrogen-bond acceptors (Lipinski definition) is 6. The summed E-state index contributed by atoms with van der Waals surface area (Å²) in [6, 6.07) is 0. The third kappa shape index (κ3) is 44.8. The molecule has 0 saturated heterocycles. The Hall–Kier alpha value is -3.80. The van der Waals surface area contributed by atoms with Crippen molar-refractivity contribution in [2.24, 2.45) is 38.4 Å². The average molecular weight is 797 g/mol. The van der Waals surface area contributed by atoms with Crippen LogP contribution in [-0.4, -0.2) is 34.7 Å². The zero-order chi connectivity index (χ0) is 47.4. The fourth-order valence-corrected chi connectivity index (χ4v) is 2.76. The fraction of sp³-hybridized carbons (Fsp3) is 0.608. The second kappa shape index (κ2) is 30.3. The minimum atomic E-state index is -0.264. The van der Waals surface area contributed by atoms with E-state index in [1.54, 1.807) is 49.5 Å². The Kier molecular flexibility index (Phi) is 34.6. The van der Waals surface area contributed by atoms with Gasteiger partial charge < -0.3 is 0 Å². The van der Waals surface area contributed by atoms with Crippen molar-refractivity contribution in [1.82, 2.24) is 0 Å². The molecule has 6 heteroatoms. The molecule has 0 saturated carbocycles. The monoisotopic (exact) mass is 797 g/mol. The standard InChI is InChI=1S/C10H18O.C9H16O.C9H14O.2C8H14O.C7H12O/c1-8(2)6-7-9(11)10(3,4)5;2*1-5-6-7-8(10)9(2,3)4;1-6(2)7(9)8(3,4)5;1-5-6-7(9)8(2,3)4;1-5-6(8)7(2,3)4/h6-8H,1-5H3;6-7H,5H2,1-4H3;5-7H,1H2,2-4H3;1H2,2-5H3;5-6H,1-4H3;5H,1H2,2-4H3/b3*7-6+;;6-5+;. The van der Waals surface area contributed by atoms with Gasteiger partial charge >= 0.3 is 0 Å². The van der Waals surface area contributed by atoms with E-state index in [9.17, 15) is 28.8 Å². The topological polar surface area (TPSA) is 102 Å². The van der Waals surface area contributed by atoms with E-state index >= 15 is 0 Å². The molecule has 0 amide bonds. The van der Waals surface area contributed by atoms with Crippen LogP contribution in [0.15, 0.2) is 86.1 Å². The molecule has 328 valence electrons.